The third-order valence-corrected chi connectivity index (χ3v) is 3.70. The molecule has 0 aliphatic heterocycles. The lowest BCUT2D eigenvalue weighted by Crippen LogP contribution is -2.35. The molecular formula is C19H20ClN3O5. The van der Waals surface area contributed by atoms with E-state index in [1.165, 1.54) is 19.2 Å². The first kappa shape index (κ1) is 21.2. The number of ether oxygens (including phenoxy) is 2. The van der Waals surface area contributed by atoms with Crippen LogP contribution in [0.25, 0.3) is 0 Å². The molecule has 1 aromatic carbocycles. The van der Waals surface area contributed by atoms with Crippen LogP contribution in [0.2, 0.25) is 5.02 Å². The smallest absolute Gasteiger partial charge is 0.326 e. The summed E-state index contributed by atoms with van der Waals surface area (Å²) in [5.41, 5.74) is 0.371. The molecule has 0 fully saturated rings. The summed E-state index contributed by atoms with van der Waals surface area (Å²) in [6.07, 6.45) is 0.317. The van der Waals surface area contributed by atoms with E-state index in [-0.39, 0.29) is 12.4 Å². The number of esters is 1. The van der Waals surface area contributed by atoms with Gasteiger partial charge in [-0.1, -0.05) is 11.6 Å². The highest BCUT2D eigenvalue weighted by atomic mass is 35.5. The second-order valence-corrected chi connectivity index (χ2v) is 6.06. The Morgan fingerprint density at radius 1 is 1.14 bits per heavy atom. The van der Waals surface area contributed by atoms with Crippen LogP contribution in [0.15, 0.2) is 42.6 Å². The molecule has 2 aromatic rings. The van der Waals surface area contributed by atoms with Crippen molar-refractivity contribution in [1.82, 2.24) is 10.3 Å². The van der Waals surface area contributed by atoms with Crippen molar-refractivity contribution in [1.29, 1.82) is 0 Å². The van der Waals surface area contributed by atoms with E-state index in [1.54, 1.807) is 30.3 Å². The van der Waals surface area contributed by atoms with Crippen molar-refractivity contribution >= 4 is 35.2 Å². The summed E-state index contributed by atoms with van der Waals surface area (Å²) in [4.78, 5) is 39.8. The zero-order valence-corrected chi connectivity index (χ0v) is 16.2. The number of hydrogen-bond acceptors (Lipinski definition) is 6. The fourth-order valence-electron chi connectivity index (χ4n) is 2.09. The summed E-state index contributed by atoms with van der Waals surface area (Å²) in [5.74, 6) is -0.816. The molecule has 0 aliphatic rings. The molecule has 2 amide bonds. The van der Waals surface area contributed by atoms with Crippen molar-refractivity contribution in [3.63, 3.8) is 0 Å². The van der Waals surface area contributed by atoms with Crippen LogP contribution >= 0.6 is 11.6 Å². The Labute approximate surface area is 167 Å². The minimum Gasteiger partial charge on any atom is -0.494 e. The lowest BCUT2D eigenvalue weighted by Gasteiger charge is -2.13. The molecule has 0 bridgehead atoms. The van der Waals surface area contributed by atoms with Crippen LogP contribution in [0.4, 0.5) is 5.82 Å². The fourth-order valence-corrected chi connectivity index (χ4v) is 2.21. The monoisotopic (exact) mass is 405 g/mol. The number of nitrogens with zero attached hydrogens (tertiary/aromatic N) is 1. The Morgan fingerprint density at radius 3 is 2.46 bits per heavy atom. The third kappa shape index (κ3) is 6.55. The van der Waals surface area contributed by atoms with Crippen molar-refractivity contribution in [3.05, 3.63) is 53.2 Å². The van der Waals surface area contributed by atoms with Crippen LogP contribution in [-0.2, 0) is 14.3 Å². The van der Waals surface area contributed by atoms with E-state index in [0.717, 1.165) is 0 Å². The number of hydrogen-bond donors (Lipinski definition) is 2. The zero-order chi connectivity index (χ0) is 20.5. The van der Waals surface area contributed by atoms with Gasteiger partial charge in [0.25, 0.3) is 11.8 Å². The van der Waals surface area contributed by atoms with Crippen LogP contribution in [0, 0.1) is 0 Å². The molecule has 0 saturated heterocycles. The predicted molar refractivity (Wildman–Crippen MR) is 103 cm³/mol. The third-order valence-electron chi connectivity index (χ3n) is 3.48. The second kappa shape index (κ2) is 10.3. The van der Waals surface area contributed by atoms with Gasteiger partial charge in [-0.25, -0.2) is 4.98 Å². The number of rotatable bonds is 8. The van der Waals surface area contributed by atoms with E-state index >= 15 is 0 Å². The van der Waals surface area contributed by atoms with Crippen LogP contribution in [0.3, 0.4) is 0 Å². The van der Waals surface area contributed by atoms with Gasteiger partial charge in [0.05, 0.1) is 11.6 Å². The Hall–Kier alpha value is -3.13. The second-order valence-electron chi connectivity index (χ2n) is 5.62. The molecule has 0 saturated carbocycles. The average Bonchev–Trinajstić information content (AvgIpc) is 2.68. The van der Waals surface area contributed by atoms with E-state index in [2.05, 4.69) is 15.6 Å². The molecule has 9 heteroatoms. The number of pyridine rings is 1. The fraction of sp³-hybridized carbons (Fsp3) is 0.263. The van der Waals surface area contributed by atoms with Gasteiger partial charge < -0.3 is 20.1 Å². The highest BCUT2D eigenvalue weighted by molar-refractivity contribution is 6.30. The quantitative estimate of drug-likeness (QED) is 0.653. The number of aromatic nitrogens is 1. The topological polar surface area (TPSA) is 107 Å². The number of halogens is 1. The largest absolute Gasteiger partial charge is 0.494 e. The number of carbonyl (C=O) groups excluding carboxylic acids is 3. The molecule has 28 heavy (non-hydrogen) atoms. The Bertz CT molecular complexity index is 824. The summed E-state index contributed by atoms with van der Waals surface area (Å²) < 4.78 is 10.3. The van der Waals surface area contributed by atoms with E-state index in [0.29, 0.717) is 22.9 Å². The maximum atomic E-state index is 12.0. The lowest BCUT2D eigenvalue weighted by atomic mass is 10.2. The molecule has 148 valence electrons. The standard InChI is InChI=1S/C19H20ClN3O5/c1-3-27-15-7-4-13(5-8-15)19(26)22-11-17(24)28-12(2)18(25)23-16-9-6-14(20)10-21-16/h4-10,12H,3,11H2,1-2H3,(H,22,26)(H,21,23,25)/t12-/m0/s1. The highest BCUT2D eigenvalue weighted by Gasteiger charge is 2.19. The van der Waals surface area contributed by atoms with Gasteiger partial charge in [0.15, 0.2) is 6.10 Å². The SMILES string of the molecule is CCOc1ccc(C(=O)NCC(=O)O[C@@H](C)C(=O)Nc2ccc(Cl)cn2)cc1. The van der Waals surface area contributed by atoms with Gasteiger partial charge in [-0.3, -0.25) is 14.4 Å². The van der Waals surface area contributed by atoms with Crippen LogP contribution < -0.4 is 15.4 Å². The van der Waals surface area contributed by atoms with Crippen molar-refractivity contribution < 1.29 is 23.9 Å². The molecule has 1 aromatic heterocycles. The number of anilines is 1. The maximum Gasteiger partial charge on any atom is 0.326 e. The minimum absolute atomic E-state index is 0.279. The first-order chi connectivity index (χ1) is 13.4. The zero-order valence-electron chi connectivity index (χ0n) is 15.4. The van der Waals surface area contributed by atoms with Gasteiger partial charge >= 0.3 is 5.97 Å². The predicted octanol–water partition coefficient (Wildman–Crippen LogP) is 2.43. The summed E-state index contributed by atoms with van der Waals surface area (Å²) in [6, 6.07) is 9.58. The molecule has 0 radical (unpaired) electrons. The van der Waals surface area contributed by atoms with Gasteiger partial charge in [0.1, 0.15) is 18.1 Å². The van der Waals surface area contributed by atoms with Gasteiger partial charge in [0, 0.05) is 11.8 Å². The van der Waals surface area contributed by atoms with Gasteiger partial charge in [-0.15, -0.1) is 0 Å². The average molecular weight is 406 g/mol. The summed E-state index contributed by atoms with van der Waals surface area (Å²) in [5, 5.41) is 5.36. The van der Waals surface area contributed by atoms with Crippen molar-refractivity contribution in [2.75, 3.05) is 18.5 Å². The molecule has 2 rings (SSSR count). The maximum absolute atomic E-state index is 12.0. The normalized spacial score (nSPS) is 11.2. The molecular weight excluding hydrogens is 386 g/mol. The highest BCUT2D eigenvalue weighted by Crippen LogP contribution is 2.12. The van der Waals surface area contributed by atoms with E-state index in [9.17, 15) is 14.4 Å². The summed E-state index contributed by atoms with van der Waals surface area (Å²) in [6.45, 7) is 3.43. The Balaban J connectivity index is 1.78. The molecule has 0 unspecified atom stereocenters. The number of amides is 2. The van der Waals surface area contributed by atoms with Crippen LogP contribution in [-0.4, -0.2) is 42.0 Å². The first-order valence-electron chi connectivity index (χ1n) is 8.52. The van der Waals surface area contributed by atoms with E-state index in [1.807, 2.05) is 6.92 Å². The van der Waals surface area contributed by atoms with Gasteiger partial charge in [-0.05, 0) is 50.2 Å². The molecule has 1 atom stereocenters. The molecule has 1 heterocycles. The summed E-state index contributed by atoms with van der Waals surface area (Å²) in [7, 11) is 0. The van der Waals surface area contributed by atoms with E-state index in [4.69, 9.17) is 21.1 Å². The Morgan fingerprint density at radius 2 is 1.86 bits per heavy atom. The van der Waals surface area contributed by atoms with Crippen LogP contribution in [0.1, 0.15) is 24.2 Å². The molecule has 0 spiro atoms. The summed E-state index contributed by atoms with van der Waals surface area (Å²) >= 11 is 5.72. The number of benzene rings is 1. The number of nitrogens with one attached hydrogen (secondary N) is 2. The molecule has 8 nitrogen and oxygen atoms in total. The number of carbonyl (C=O) groups is 3. The van der Waals surface area contributed by atoms with Gasteiger partial charge in [0.2, 0.25) is 0 Å². The Kier molecular flexibility index (Phi) is 7.76. The first-order valence-corrected chi connectivity index (χ1v) is 8.89. The van der Waals surface area contributed by atoms with Crippen molar-refractivity contribution in [2.24, 2.45) is 0 Å². The van der Waals surface area contributed by atoms with Crippen molar-refractivity contribution in [2.45, 2.75) is 20.0 Å². The lowest BCUT2D eigenvalue weighted by molar-refractivity contribution is -0.152. The molecule has 0 aliphatic carbocycles. The van der Waals surface area contributed by atoms with E-state index < -0.39 is 23.9 Å². The van der Waals surface area contributed by atoms with Crippen molar-refractivity contribution in [3.8, 4) is 5.75 Å². The molecule has 2 N–H and O–H groups in total. The minimum atomic E-state index is -1.06. The van der Waals surface area contributed by atoms with Crippen LogP contribution in [0.5, 0.6) is 5.75 Å². The van der Waals surface area contributed by atoms with Gasteiger partial charge in [-0.2, -0.15) is 0 Å².